The molecule has 19 heavy (non-hydrogen) atoms. The van der Waals surface area contributed by atoms with Crippen molar-refractivity contribution in [1.29, 1.82) is 0 Å². The van der Waals surface area contributed by atoms with E-state index in [1.165, 1.54) is 19.3 Å². The molecular weight excluding hydrogens is 258 g/mol. The summed E-state index contributed by atoms with van der Waals surface area (Å²) in [5, 5.41) is 43.5. The fourth-order valence-electron chi connectivity index (χ4n) is 1.31. The average Bonchev–Trinajstić information content (AvgIpc) is 2.77. The van der Waals surface area contributed by atoms with Crippen molar-refractivity contribution in [1.82, 2.24) is 5.48 Å². The van der Waals surface area contributed by atoms with Crippen molar-refractivity contribution in [2.75, 3.05) is 19.8 Å². The van der Waals surface area contributed by atoms with Gasteiger partial charge in [0.25, 0.3) is 0 Å². The molecular formula is C11H23NO7. The molecule has 0 bridgehead atoms. The van der Waals surface area contributed by atoms with Crippen molar-refractivity contribution < 1.29 is 35.2 Å². The van der Waals surface area contributed by atoms with Crippen molar-refractivity contribution in [3.63, 3.8) is 0 Å². The number of hydroxylamine groups is 1. The summed E-state index contributed by atoms with van der Waals surface area (Å²) >= 11 is 0. The van der Waals surface area contributed by atoms with Gasteiger partial charge in [0.15, 0.2) is 6.29 Å². The van der Waals surface area contributed by atoms with Gasteiger partial charge in [0.05, 0.1) is 13.2 Å². The van der Waals surface area contributed by atoms with Crippen molar-refractivity contribution in [3.8, 4) is 0 Å². The molecule has 1 fully saturated rings. The number of aldehydes is 1. The third-order valence-electron chi connectivity index (χ3n) is 2.55. The summed E-state index contributed by atoms with van der Waals surface area (Å²) < 4.78 is 0. The van der Waals surface area contributed by atoms with E-state index in [9.17, 15) is 4.79 Å². The molecule has 1 rings (SSSR count). The van der Waals surface area contributed by atoms with Crippen LogP contribution >= 0.6 is 0 Å². The monoisotopic (exact) mass is 281 g/mol. The van der Waals surface area contributed by atoms with Gasteiger partial charge < -0.3 is 35.2 Å². The summed E-state index contributed by atoms with van der Waals surface area (Å²) in [5.41, 5.74) is 2.85. The van der Waals surface area contributed by atoms with Gasteiger partial charge in [-0.05, 0) is 19.3 Å². The minimum absolute atomic E-state index is 0.0258. The van der Waals surface area contributed by atoms with Gasteiger partial charge >= 0.3 is 0 Å². The molecule has 6 N–H and O–H groups in total. The topological polar surface area (TPSA) is 139 Å². The molecule has 114 valence electrons. The van der Waals surface area contributed by atoms with Crippen LogP contribution in [0.25, 0.3) is 0 Å². The number of aliphatic hydroxyl groups excluding tert-OH is 5. The van der Waals surface area contributed by atoms with Crippen LogP contribution < -0.4 is 5.48 Å². The van der Waals surface area contributed by atoms with E-state index in [0.717, 1.165) is 13.2 Å². The number of carbonyl (C=O) groups is 1. The normalized spacial score (nSPS) is 22.2. The summed E-state index contributed by atoms with van der Waals surface area (Å²) in [4.78, 5) is 14.8. The Bertz CT molecular complexity index is 209. The molecule has 0 aromatic heterocycles. The average molecular weight is 281 g/mol. The molecule has 0 aromatic rings. The molecule has 0 aliphatic carbocycles. The van der Waals surface area contributed by atoms with Crippen molar-refractivity contribution in [2.24, 2.45) is 0 Å². The minimum atomic E-state index is -1.79. The zero-order chi connectivity index (χ0) is 14.7. The number of rotatable bonds is 5. The number of hydrogen-bond acceptors (Lipinski definition) is 8. The molecule has 4 unspecified atom stereocenters. The van der Waals surface area contributed by atoms with Gasteiger partial charge in [0.1, 0.15) is 24.4 Å². The van der Waals surface area contributed by atoms with E-state index in [2.05, 4.69) is 5.48 Å². The van der Waals surface area contributed by atoms with Crippen LogP contribution in [-0.2, 0) is 9.63 Å². The van der Waals surface area contributed by atoms with Crippen molar-refractivity contribution in [2.45, 2.75) is 43.7 Å². The van der Waals surface area contributed by atoms with Gasteiger partial charge in [-0.15, -0.1) is 0 Å². The fraction of sp³-hybridized carbons (Fsp3) is 0.909. The van der Waals surface area contributed by atoms with E-state index in [0.29, 0.717) is 0 Å². The van der Waals surface area contributed by atoms with Crippen LogP contribution in [0.4, 0.5) is 0 Å². The zero-order valence-corrected chi connectivity index (χ0v) is 10.7. The number of nitrogens with one attached hydrogen (secondary N) is 1. The third-order valence-corrected chi connectivity index (χ3v) is 2.55. The highest BCUT2D eigenvalue weighted by molar-refractivity contribution is 5.56. The van der Waals surface area contributed by atoms with E-state index in [-0.39, 0.29) is 6.29 Å². The van der Waals surface area contributed by atoms with Crippen LogP contribution in [0.1, 0.15) is 19.3 Å². The van der Waals surface area contributed by atoms with E-state index >= 15 is 0 Å². The Labute approximate surface area is 111 Å². The Kier molecular flexibility index (Phi) is 10.9. The molecule has 0 radical (unpaired) electrons. The predicted octanol–water partition coefficient (Wildman–Crippen LogP) is -2.69. The first-order valence-corrected chi connectivity index (χ1v) is 6.17. The maximum atomic E-state index is 9.90. The van der Waals surface area contributed by atoms with Crippen LogP contribution in [0.3, 0.4) is 0 Å². The van der Waals surface area contributed by atoms with Gasteiger partial charge in [-0.1, -0.05) is 0 Å². The second-order valence-electron chi connectivity index (χ2n) is 4.16. The van der Waals surface area contributed by atoms with Gasteiger partial charge in [-0.25, -0.2) is 5.48 Å². The van der Waals surface area contributed by atoms with E-state index in [1.807, 2.05) is 0 Å². The second kappa shape index (κ2) is 11.2. The Morgan fingerprint density at radius 2 is 1.79 bits per heavy atom. The zero-order valence-electron chi connectivity index (χ0n) is 10.7. The quantitative estimate of drug-likeness (QED) is 0.299. The fourth-order valence-corrected chi connectivity index (χ4v) is 1.31. The summed E-state index contributed by atoms with van der Waals surface area (Å²) in [5.74, 6) is 0. The molecule has 1 heterocycles. The first kappa shape index (κ1) is 18.4. The summed E-state index contributed by atoms with van der Waals surface area (Å²) in [6, 6.07) is 0. The highest BCUT2D eigenvalue weighted by Crippen LogP contribution is 2.02. The van der Waals surface area contributed by atoms with Crippen LogP contribution in [0.2, 0.25) is 0 Å². The summed E-state index contributed by atoms with van der Waals surface area (Å²) in [6.45, 7) is 1.16. The van der Waals surface area contributed by atoms with Gasteiger partial charge in [-0.3, -0.25) is 0 Å². The Balaban J connectivity index is 0.000000388. The van der Waals surface area contributed by atoms with Crippen molar-refractivity contribution >= 4 is 6.29 Å². The molecule has 4 atom stereocenters. The lowest BCUT2D eigenvalue weighted by atomic mass is 10.0. The molecule has 1 saturated heterocycles. The molecule has 0 amide bonds. The van der Waals surface area contributed by atoms with E-state index in [4.69, 9.17) is 30.4 Å². The molecule has 8 nitrogen and oxygen atoms in total. The standard InChI is InChI=1S/C6H12O6.C5H11NO/c7-1-3(9)5(11)6(12)4(10)2-8;1-2-4-6-7-5-3-1/h1,3-6,8-12H,2H2;6H,1-5H2. The highest BCUT2D eigenvalue weighted by Gasteiger charge is 2.29. The molecule has 0 spiro atoms. The molecule has 8 heteroatoms. The number of carbonyl (C=O) groups excluding carboxylic acids is 1. The second-order valence-corrected chi connectivity index (χ2v) is 4.16. The minimum Gasteiger partial charge on any atom is -0.394 e. The smallest absolute Gasteiger partial charge is 0.151 e. The lowest BCUT2D eigenvalue weighted by Gasteiger charge is -2.22. The highest BCUT2D eigenvalue weighted by atomic mass is 16.6. The van der Waals surface area contributed by atoms with Gasteiger partial charge in [0, 0.05) is 6.54 Å². The molecule has 0 aromatic carbocycles. The predicted molar refractivity (Wildman–Crippen MR) is 65.0 cm³/mol. The Hall–Kier alpha value is -0.610. The summed E-state index contributed by atoms with van der Waals surface area (Å²) in [6.07, 6.45) is -3.05. The Morgan fingerprint density at radius 3 is 2.37 bits per heavy atom. The third kappa shape index (κ3) is 8.22. The summed E-state index contributed by atoms with van der Waals surface area (Å²) in [7, 11) is 0. The van der Waals surface area contributed by atoms with Crippen molar-refractivity contribution in [3.05, 3.63) is 0 Å². The van der Waals surface area contributed by atoms with Crippen LogP contribution in [0, 0.1) is 0 Å². The van der Waals surface area contributed by atoms with E-state index < -0.39 is 31.0 Å². The largest absolute Gasteiger partial charge is 0.394 e. The van der Waals surface area contributed by atoms with Gasteiger partial charge in [-0.2, -0.15) is 0 Å². The Morgan fingerprint density at radius 1 is 1.11 bits per heavy atom. The van der Waals surface area contributed by atoms with Crippen LogP contribution in [0.5, 0.6) is 0 Å². The molecule has 0 saturated carbocycles. The number of hydrogen-bond donors (Lipinski definition) is 6. The van der Waals surface area contributed by atoms with Gasteiger partial charge in [0.2, 0.25) is 0 Å². The first-order chi connectivity index (χ1) is 9.04. The lowest BCUT2D eigenvalue weighted by molar-refractivity contribution is -0.136. The van der Waals surface area contributed by atoms with E-state index in [1.54, 1.807) is 0 Å². The van der Waals surface area contributed by atoms with Crippen LogP contribution in [0.15, 0.2) is 0 Å². The maximum absolute atomic E-state index is 9.90. The SMILES string of the molecule is C1CCNOCC1.O=CC(O)C(O)C(O)C(O)CO. The molecule has 1 aliphatic heterocycles. The lowest BCUT2D eigenvalue weighted by Crippen LogP contribution is -2.46. The maximum Gasteiger partial charge on any atom is 0.151 e. The number of aliphatic hydroxyl groups is 5. The van der Waals surface area contributed by atoms with Crippen LogP contribution in [-0.4, -0.2) is 76.0 Å². The first-order valence-electron chi connectivity index (χ1n) is 6.17. The molecule has 1 aliphatic rings.